The van der Waals surface area contributed by atoms with Crippen LogP contribution in [0, 0.1) is 11.7 Å². The van der Waals surface area contributed by atoms with Gasteiger partial charge in [-0.15, -0.1) is 0 Å². The second-order valence-electron chi connectivity index (χ2n) is 6.03. The number of nitrogens with zero attached hydrogens (tertiary/aromatic N) is 4. The second kappa shape index (κ2) is 7.21. The Bertz CT molecular complexity index is 563. The Hall–Kier alpha value is -1.76. The third kappa shape index (κ3) is 3.44. The topological polar surface area (TPSA) is 58.6 Å². The fraction of sp³-hybridized carbons (Fsp3) is 0.688. The first-order valence-electron chi connectivity index (χ1n) is 8.31. The predicted octanol–water partition coefficient (Wildman–Crippen LogP) is 1.25. The van der Waals surface area contributed by atoms with Gasteiger partial charge in [-0.3, -0.25) is 4.79 Å². The van der Waals surface area contributed by atoms with Crippen LogP contribution in [0.1, 0.15) is 25.5 Å². The zero-order valence-electron chi connectivity index (χ0n) is 13.5. The summed E-state index contributed by atoms with van der Waals surface area (Å²) >= 11 is 0. The van der Waals surface area contributed by atoms with Gasteiger partial charge in [-0.25, -0.2) is 14.4 Å². The van der Waals surface area contributed by atoms with Gasteiger partial charge in [0, 0.05) is 26.2 Å². The van der Waals surface area contributed by atoms with Gasteiger partial charge in [-0.05, 0) is 19.3 Å². The maximum absolute atomic E-state index is 14.5. The molecule has 2 aliphatic rings. The molecule has 126 valence electrons. The number of halogens is 1. The molecule has 1 aromatic rings. The van der Waals surface area contributed by atoms with Gasteiger partial charge in [0.15, 0.2) is 11.6 Å². The molecule has 0 radical (unpaired) electrons. The average molecular weight is 322 g/mol. The van der Waals surface area contributed by atoms with Crippen LogP contribution in [0.4, 0.5) is 10.2 Å². The van der Waals surface area contributed by atoms with Crippen LogP contribution in [0.25, 0.3) is 0 Å². The lowest BCUT2D eigenvalue weighted by atomic mass is 9.96. The monoisotopic (exact) mass is 322 g/mol. The lowest BCUT2D eigenvalue weighted by molar-refractivity contribution is -0.139. The van der Waals surface area contributed by atoms with Gasteiger partial charge in [-0.2, -0.15) is 0 Å². The Balaban J connectivity index is 1.72. The lowest BCUT2D eigenvalue weighted by Gasteiger charge is -2.36. The van der Waals surface area contributed by atoms with Crippen molar-refractivity contribution in [3.63, 3.8) is 0 Å². The van der Waals surface area contributed by atoms with Crippen LogP contribution >= 0.6 is 0 Å². The summed E-state index contributed by atoms with van der Waals surface area (Å²) < 4.78 is 19.8. The molecule has 0 aromatic carbocycles. The molecular formula is C16H23FN4O2. The molecule has 1 aromatic heterocycles. The fourth-order valence-corrected chi connectivity index (χ4v) is 3.28. The van der Waals surface area contributed by atoms with E-state index in [-0.39, 0.29) is 17.6 Å². The van der Waals surface area contributed by atoms with E-state index in [1.54, 1.807) is 0 Å². The van der Waals surface area contributed by atoms with Crippen molar-refractivity contribution in [3.8, 4) is 0 Å². The predicted molar refractivity (Wildman–Crippen MR) is 83.7 cm³/mol. The Morgan fingerprint density at radius 1 is 1.35 bits per heavy atom. The van der Waals surface area contributed by atoms with Gasteiger partial charge in [0.05, 0.1) is 24.8 Å². The number of aryl methyl sites for hydroxylation is 1. The van der Waals surface area contributed by atoms with Gasteiger partial charge >= 0.3 is 0 Å². The van der Waals surface area contributed by atoms with E-state index in [4.69, 9.17) is 4.74 Å². The summed E-state index contributed by atoms with van der Waals surface area (Å²) in [6.07, 6.45) is 3.65. The molecule has 1 unspecified atom stereocenters. The third-order valence-electron chi connectivity index (χ3n) is 4.57. The Kier molecular flexibility index (Phi) is 5.05. The Morgan fingerprint density at radius 2 is 2.13 bits per heavy atom. The van der Waals surface area contributed by atoms with Crippen molar-refractivity contribution in [3.05, 3.63) is 17.8 Å². The average Bonchev–Trinajstić information content (AvgIpc) is 2.62. The number of hydrogen-bond acceptors (Lipinski definition) is 5. The molecule has 7 heteroatoms. The van der Waals surface area contributed by atoms with Crippen LogP contribution in [0.5, 0.6) is 0 Å². The van der Waals surface area contributed by atoms with E-state index in [1.165, 1.54) is 6.33 Å². The first-order valence-corrected chi connectivity index (χ1v) is 8.31. The van der Waals surface area contributed by atoms with E-state index in [0.717, 1.165) is 19.4 Å². The highest BCUT2D eigenvalue weighted by molar-refractivity contribution is 5.79. The molecule has 0 bridgehead atoms. The molecule has 2 fully saturated rings. The third-order valence-corrected chi connectivity index (χ3v) is 4.57. The molecule has 2 aliphatic heterocycles. The summed E-state index contributed by atoms with van der Waals surface area (Å²) in [5.41, 5.74) is 0.427. The van der Waals surface area contributed by atoms with Crippen molar-refractivity contribution in [1.29, 1.82) is 0 Å². The molecule has 0 N–H and O–H groups in total. The number of morpholine rings is 1. The SMILES string of the molecule is CCc1ncnc(N2CCCC(C(=O)N3CCOCC3)C2)c1F. The molecule has 0 saturated carbocycles. The minimum atomic E-state index is -0.352. The van der Waals surface area contributed by atoms with Gasteiger partial charge in [0.2, 0.25) is 5.91 Å². The zero-order valence-corrected chi connectivity index (χ0v) is 13.5. The summed E-state index contributed by atoms with van der Waals surface area (Å²) in [5.74, 6) is 0.0373. The molecule has 3 heterocycles. The standard InChI is InChI=1S/C16H23FN4O2/c1-2-13-14(17)15(19-11-18-13)21-5-3-4-12(10-21)16(22)20-6-8-23-9-7-20/h11-12H,2-10H2,1H3. The molecule has 3 rings (SSSR count). The number of piperidine rings is 1. The summed E-state index contributed by atoms with van der Waals surface area (Å²) in [7, 11) is 0. The molecule has 0 spiro atoms. The number of aromatic nitrogens is 2. The van der Waals surface area contributed by atoms with Crippen LogP contribution < -0.4 is 4.90 Å². The quantitative estimate of drug-likeness (QED) is 0.838. The maximum atomic E-state index is 14.5. The van der Waals surface area contributed by atoms with E-state index >= 15 is 0 Å². The zero-order chi connectivity index (χ0) is 16.2. The number of ether oxygens (including phenoxy) is 1. The van der Waals surface area contributed by atoms with E-state index in [0.29, 0.717) is 50.8 Å². The fourth-order valence-electron chi connectivity index (χ4n) is 3.28. The van der Waals surface area contributed by atoms with E-state index in [9.17, 15) is 9.18 Å². The highest BCUT2D eigenvalue weighted by atomic mass is 19.1. The number of carbonyl (C=O) groups excluding carboxylic acids is 1. The van der Waals surface area contributed by atoms with Crippen molar-refractivity contribution < 1.29 is 13.9 Å². The van der Waals surface area contributed by atoms with Crippen molar-refractivity contribution in [1.82, 2.24) is 14.9 Å². The summed E-state index contributed by atoms with van der Waals surface area (Å²) in [5, 5.41) is 0. The first-order chi connectivity index (χ1) is 11.2. The largest absolute Gasteiger partial charge is 0.378 e. The number of rotatable bonds is 3. The summed E-state index contributed by atoms with van der Waals surface area (Å²) in [6, 6.07) is 0. The molecule has 1 amide bonds. The Labute approximate surface area is 135 Å². The number of amides is 1. The van der Waals surface area contributed by atoms with Crippen LogP contribution in [0.3, 0.4) is 0 Å². The molecule has 0 aliphatic carbocycles. The minimum absolute atomic E-state index is 0.0960. The van der Waals surface area contributed by atoms with Crippen molar-refractivity contribution >= 4 is 11.7 Å². The van der Waals surface area contributed by atoms with Crippen molar-refractivity contribution in [2.75, 3.05) is 44.3 Å². The summed E-state index contributed by atoms with van der Waals surface area (Å²) in [6.45, 7) is 5.62. The number of anilines is 1. The van der Waals surface area contributed by atoms with Gasteiger partial charge in [0.1, 0.15) is 6.33 Å². The Morgan fingerprint density at radius 3 is 2.87 bits per heavy atom. The molecule has 1 atom stereocenters. The van der Waals surface area contributed by atoms with E-state index in [1.807, 2.05) is 16.7 Å². The van der Waals surface area contributed by atoms with Gasteiger partial charge < -0.3 is 14.5 Å². The summed E-state index contributed by atoms with van der Waals surface area (Å²) in [4.78, 5) is 24.5. The minimum Gasteiger partial charge on any atom is -0.378 e. The molecular weight excluding hydrogens is 299 g/mol. The molecule has 6 nitrogen and oxygen atoms in total. The first kappa shape index (κ1) is 16.1. The van der Waals surface area contributed by atoms with Gasteiger partial charge in [0.25, 0.3) is 0 Å². The van der Waals surface area contributed by atoms with E-state index in [2.05, 4.69) is 9.97 Å². The highest BCUT2D eigenvalue weighted by Gasteiger charge is 2.31. The van der Waals surface area contributed by atoms with Crippen molar-refractivity contribution in [2.24, 2.45) is 5.92 Å². The molecule has 2 saturated heterocycles. The normalized spacial score (nSPS) is 22.3. The van der Waals surface area contributed by atoms with Crippen LogP contribution in [0.2, 0.25) is 0 Å². The number of carbonyl (C=O) groups is 1. The van der Waals surface area contributed by atoms with Gasteiger partial charge in [-0.1, -0.05) is 6.92 Å². The maximum Gasteiger partial charge on any atom is 0.227 e. The smallest absolute Gasteiger partial charge is 0.227 e. The van der Waals surface area contributed by atoms with Crippen LogP contribution in [0.15, 0.2) is 6.33 Å². The van der Waals surface area contributed by atoms with Crippen LogP contribution in [-0.4, -0.2) is 60.2 Å². The highest BCUT2D eigenvalue weighted by Crippen LogP contribution is 2.26. The molecule has 23 heavy (non-hydrogen) atoms. The number of hydrogen-bond donors (Lipinski definition) is 0. The van der Waals surface area contributed by atoms with Crippen LogP contribution in [-0.2, 0) is 16.0 Å². The lowest BCUT2D eigenvalue weighted by Crippen LogP contribution is -2.48. The van der Waals surface area contributed by atoms with Crippen molar-refractivity contribution in [2.45, 2.75) is 26.2 Å². The second-order valence-corrected chi connectivity index (χ2v) is 6.03. The van der Waals surface area contributed by atoms with E-state index < -0.39 is 0 Å².